The highest BCUT2D eigenvalue weighted by atomic mass is 15.1. The van der Waals surface area contributed by atoms with Crippen molar-refractivity contribution in [3.05, 3.63) is 0 Å². The van der Waals surface area contributed by atoms with E-state index in [4.69, 9.17) is 0 Å². The largest absolute Gasteiger partial charge is 0.315 e. The van der Waals surface area contributed by atoms with Crippen LogP contribution in [0.25, 0.3) is 0 Å². The van der Waals surface area contributed by atoms with Crippen LogP contribution in [-0.2, 0) is 0 Å². The second kappa shape index (κ2) is 6.49. The third kappa shape index (κ3) is 6.91. The van der Waals surface area contributed by atoms with Gasteiger partial charge in [0, 0.05) is 12.6 Å². The number of nitrogens with one attached hydrogen (secondary N) is 1. The fraction of sp³-hybridized carbons (Fsp3) is 1.00. The second-order valence-electron chi connectivity index (χ2n) is 6.15. The van der Waals surface area contributed by atoms with E-state index in [0.717, 1.165) is 12.5 Å². The molecule has 0 aliphatic heterocycles. The van der Waals surface area contributed by atoms with E-state index in [9.17, 15) is 0 Å². The molecular weight excluding hydrogens is 184 g/mol. The first kappa shape index (κ1) is 14.9. The van der Waals surface area contributed by atoms with E-state index in [1.54, 1.807) is 0 Å². The maximum atomic E-state index is 3.42. The predicted octanol–water partition coefficient (Wildman–Crippen LogP) is 2.60. The summed E-state index contributed by atoms with van der Waals surface area (Å²) < 4.78 is 0. The van der Waals surface area contributed by atoms with Gasteiger partial charge in [-0.3, -0.25) is 0 Å². The van der Waals surface area contributed by atoms with Gasteiger partial charge in [0.2, 0.25) is 0 Å². The lowest BCUT2D eigenvalue weighted by Gasteiger charge is -2.34. The van der Waals surface area contributed by atoms with Crippen molar-refractivity contribution in [2.24, 2.45) is 11.3 Å². The Labute approximate surface area is 96.4 Å². The van der Waals surface area contributed by atoms with E-state index < -0.39 is 0 Å². The molecule has 92 valence electrons. The molecule has 2 heteroatoms. The van der Waals surface area contributed by atoms with Crippen molar-refractivity contribution in [2.45, 2.75) is 47.1 Å². The Kier molecular flexibility index (Phi) is 6.46. The molecule has 0 aromatic heterocycles. The molecule has 2 nitrogen and oxygen atoms in total. The summed E-state index contributed by atoms with van der Waals surface area (Å²) in [6.45, 7) is 13.8. The first-order chi connectivity index (χ1) is 6.77. The molecule has 0 saturated heterocycles. The zero-order chi connectivity index (χ0) is 12.1. The maximum absolute atomic E-state index is 3.42. The second-order valence-corrected chi connectivity index (χ2v) is 6.15. The SMILES string of the molecule is CNC(CN(C)CCC(C)C)C(C)(C)C. The van der Waals surface area contributed by atoms with Crippen LogP contribution in [0.3, 0.4) is 0 Å². The molecule has 0 fully saturated rings. The molecule has 0 rings (SSSR count). The molecule has 0 amide bonds. The van der Waals surface area contributed by atoms with Crippen LogP contribution in [0.5, 0.6) is 0 Å². The van der Waals surface area contributed by atoms with Crippen molar-refractivity contribution in [1.29, 1.82) is 0 Å². The molecule has 0 radical (unpaired) electrons. The third-order valence-electron chi connectivity index (χ3n) is 2.98. The third-order valence-corrected chi connectivity index (χ3v) is 2.98. The Morgan fingerprint density at radius 2 is 1.73 bits per heavy atom. The van der Waals surface area contributed by atoms with Gasteiger partial charge in [0.1, 0.15) is 0 Å². The van der Waals surface area contributed by atoms with E-state index in [-0.39, 0.29) is 0 Å². The lowest BCUT2D eigenvalue weighted by atomic mass is 9.86. The van der Waals surface area contributed by atoms with Crippen LogP contribution in [0.1, 0.15) is 41.0 Å². The van der Waals surface area contributed by atoms with Crippen molar-refractivity contribution in [3.63, 3.8) is 0 Å². The Balaban J connectivity index is 3.97. The topological polar surface area (TPSA) is 15.3 Å². The highest BCUT2D eigenvalue weighted by Crippen LogP contribution is 2.19. The highest BCUT2D eigenvalue weighted by molar-refractivity contribution is 4.81. The first-order valence-electron chi connectivity index (χ1n) is 6.13. The van der Waals surface area contributed by atoms with Crippen molar-refractivity contribution in [2.75, 3.05) is 27.2 Å². The minimum Gasteiger partial charge on any atom is -0.315 e. The molecule has 0 bridgehead atoms. The number of hydrogen-bond acceptors (Lipinski definition) is 2. The summed E-state index contributed by atoms with van der Waals surface area (Å²) in [6, 6.07) is 0.565. The standard InChI is InChI=1S/C13H30N2/c1-11(2)8-9-15(7)10-12(14-6)13(3,4)5/h11-12,14H,8-10H2,1-7H3. The number of hydrogen-bond donors (Lipinski definition) is 1. The lowest BCUT2D eigenvalue weighted by molar-refractivity contribution is 0.197. The molecule has 1 N–H and O–H groups in total. The Bertz CT molecular complexity index is 158. The Morgan fingerprint density at radius 1 is 1.20 bits per heavy atom. The van der Waals surface area contributed by atoms with Crippen LogP contribution in [-0.4, -0.2) is 38.1 Å². The summed E-state index contributed by atoms with van der Waals surface area (Å²) in [7, 11) is 4.28. The first-order valence-corrected chi connectivity index (χ1v) is 6.13. The van der Waals surface area contributed by atoms with E-state index in [1.807, 2.05) is 0 Å². The van der Waals surface area contributed by atoms with E-state index in [0.29, 0.717) is 11.5 Å². The molecular formula is C13H30N2. The molecule has 0 spiro atoms. The van der Waals surface area contributed by atoms with E-state index in [2.05, 4.69) is 58.9 Å². The van der Waals surface area contributed by atoms with Gasteiger partial charge >= 0.3 is 0 Å². The predicted molar refractivity (Wildman–Crippen MR) is 69.3 cm³/mol. The monoisotopic (exact) mass is 214 g/mol. The van der Waals surface area contributed by atoms with Gasteiger partial charge in [0.25, 0.3) is 0 Å². The average molecular weight is 214 g/mol. The normalized spacial score (nSPS) is 15.0. The zero-order valence-electron chi connectivity index (χ0n) is 11.7. The van der Waals surface area contributed by atoms with Gasteiger partial charge in [-0.15, -0.1) is 0 Å². The van der Waals surface area contributed by atoms with E-state index in [1.165, 1.54) is 13.0 Å². The Hall–Kier alpha value is -0.0800. The summed E-state index contributed by atoms with van der Waals surface area (Å²) in [5.74, 6) is 0.801. The molecule has 1 atom stereocenters. The van der Waals surface area contributed by atoms with Crippen LogP contribution in [0.15, 0.2) is 0 Å². The van der Waals surface area contributed by atoms with Crippen molar-refractivity contribution in [3.8, 4) is 0 Å². The quantitative estimate of drug-likeness (QED) is 0.731. The van der Waals surface area contributed by atoms with Gasteiger partial charge in [0.05, 0.1) is 0 Å². The van der Waals surface area contributed by atoms with Crippen molar-refractivity contribution < 1.29 is 0 Å². The zero-order valence-corrected chi connectivity index (χ0v) is 11.7. The van der Waals surface area contributed by atoms with Crippen molar-refractivity contribution >= 4 is 0 Å². The molecule has 0 aliphatic rings. The van der Waals surface area contributed by atoms with Crippen molar-refractivity contribution in [1.82, 2.24) is 10.2 Å². The summed E-state index contributed by atoms with van der Waals surface area (Å²) >= 11 is 0. The average Bonchev–Trinajstić information content (AvgIpc) is 2.08. The van der Waals surface area contributed by atoms with Gasteiger partial charge < -0.3 is 10.2 Å². The number of nitrogens with zero attached hydrogens (tertiary/aromatic N) is 1. The van der Waals surface area contributed by atoms with Gasteiger partial charge in [0.15, 0.2) is 0 Å². The van der Waals surface area contributed by atoms with E-state index >= 15 is 0 Å². The Morgan fingerprint density at radius 3 is 2.07 bits per heavy atom. The molecule has 0 aromatic rings. The van der Waals surface area contributed by atoms with Gasteiger partial charge in [-0.1, -0.05) is 34.6 Å². The summed E-state index contributed by atoms with van der Waals surface area (Å²) in [4.78, 5) is 2.44. The summed E-state index contributed by atoms with van der Waals surface area (Å²) in [5.41, 5.74) is 0.334. The fourth-order valence-electron chi connectivity index (χ4n) is 1.68. The fourth-order valence-corrected chi connectivity index (χ4v) is 1.68. The molecule has 1 unspecified atom stereocenters. The highest BCUT2D eigenvalue weighted by Gasteiger charge is 2.23. The molecule has 0 aliphatic carbocycles. The van der Waals surface area contributed by atoms with Crippen LogP contribution in [0.4, 0.5) is 0 Å². The molecule has 0 heterocycles. The summed E-state index contributed by atoms with van der Waals surface area (Å²) in [5, 5.41) is 3.42. The van der Waals surface area contributed by atoms with Crippen LogP contribution in [0.2, 0.25) is 0 Å². The van der Waals surface area contributed by atoms with Gasteiger partial charge in [-0.05, 0) is 38.4 Å². The smallest absolute Gasteiger partial charge is 0.0240 e. The minimum atomic E-state index is 0.334. The summed E-state index contributed by atoms with van der Waals surface area (Å²) in [6.07, 6.45) is 1.29. The molecule has 0 aromatic carbocycles. The number of rotatable bonds is 6. The number of likely N-dealkylation sites (N-methyl/N-ethyl adjacent to an activating group) is 2. The molecule has 0 saturated carbocycles. The maximum Gasteiger partial charge on any atom is 0.0240 e. The van der Waals surface area contributed by atoms with Crippen LogP contribution in [0, 0.1) is 11.3 Å². The van der Waals surface area contributed by atoms with Gasteiger partial charge in [-0.2, -0.15) is 0 Å². The van der Waals surface area contributed by atoms with Crippen LogP contribution < -0.4 is 5.32 Å². The minimum absolute atomic E-state index is 0.334. The lowest BCUT2D eigenvalue weighted by Crippen LogP contribution is -2.46. The van der Waals surface area contributed by atoms with Gasteiger partial charge in [-0.25, -0.2) is 0 Å². The van der Waals surface area contributed by atoms with Crippen LogP contribution >= 0.6 is 0 Å². The molecule has 15 heavy (non-hydrogen) atoms.